The zero-order valence-corrected chi connectivity index (χ0v) is 16.9. The van der Waals surface area contributed by atoms with E-state index in [9.17, 15) is 14.4 Å². The number of hydrogen-bond donors (Lipinski definition) is 1. The van der Waals surface area contributed by atoms with Gasteiger partial charge in [-0.15, -0.1) is 0 Å². The fourth-order valence-corrected chi connectivity index (χ4v) is 3.69. The Labute approximate surface area is 169 Å². The van der Waals surface area contributed by atoms with Gasteiger partial charge in [0.15, 0.2) is 5.37 Å². The maximum atomic E-state index is 12.6. The SMILES string of the molecule is CCOC(=O)c1ccc(NC2SC(=O)N(Cc3ccc(Br)cc3)C2=O)cc1. The maximum Gasteiger partial charge on any atom is 0.338 e. The van der Waals surface area contributed by atoms with Crippen molar-refractivity contribution in [3.8, 4) is 0 Å². The first kappa shape index (κ1) is 19.4. The van der Waals surface area contributed by atoms with Crippen LogP contribution in [0.2, 0.25) is 0 Å². The highest BCUT2D eigenvalue weighted by molar-refractivity contribution is 9.10. The summed E-state index contributed by atoms with van der Waals surface area (Å²) in [5, 5.41) is 2.05. The molecule has 3 rings (SSSR count). The van der Waals surface area contributed by atoms with Crippen LogP contribution in [-0.4, -0.2) is 34.0 Å². The molecule has 2 aromatic carbocycles. The number of halogens is 1. The summed E-state index contributed by atoms with van der Waals surface area (Å²) >= 11 is 4.30. The van der Waals surface area contributed by atoms with Gasteiger partial charge in [0.2, 0.25) is 0 Å². The van der Waals surface area contributed by atoms with E-state index in [1.165, 1.54) is 4.90 Å². The number of esters is 1. The van der Waals surface area contributed by atoms with E-state index in [1.807, 2.05) is 24.3 Å². The molecule has 0 saturated carbocycles. The van der Waals surface area contributed by atoms with Gasteiger partial charge in [-0.25, -0.2) is 4.79 Å². The summed E-state index contributed by atoms with van der Waals surface area (Å²) < 4.78 is 5.87. The molecule has 8 heteroatoms. The highest BCUT2D eigenvalue weighted by Crippen LogP contribution is 2.29. The third kappa shape index (κ3) is 4.70. The van der Waals surface area contributed by atoms with E-state index in [2.05, 4.69) is 21.2 Å². The molecule has 1 unspecified atom stereocenters. The van der Waals surface area contributed by atoms with Crippen molar-refractivity contribution in [2.75, 3.05) is 11.9 Å². The van der Waals surface area contributed by atoms with Crippen LogP contribution in [0.25, 0.3) is 0 Å². The average molecular weight is 449 g/mol. The van der Waals surface area contributed by atoms with Crippen molar-refractivity contribution in [1.29, 1.82) is 0 Å². The minimum absolute atomic E-state index is 0.234. The minimum atomic E-state index is -0.693. The predicted molar refractivity (Wildman–Crippen MR) is 107 cm³/mol. The summed E-state index contributed by atoms with van der Waals surface area (Å²) in [4.78, 5) is 37.7. The van der Waals surface area contributed by atoms with Crippen LogP contribution in [0.4, 0.5) is 10.5 Å². The number of ether oxygens (including phenoxy) is 1. The summed E-state index contributed by atoms with van der Waals surface area (Å²) in [7, 11) is 0. The first-order valence-corrected chi connectivity index (χ1v) is 9.95. The van der Waals surface area contributed by atoms with Crippen LogP contribution in [0.5, 0.6) is 0 Å². The molecule has 1 aliphatic rings. The number of benzene rings is 2. The Balaban J connectivity index is 1.64. The van der Waals surface area contributed by atoms with E-state index < -0.39 is 11.3 Å². The van der Waals surface area contributed by atoms with Crippen molar-refractivity contribution in [3.63, 3.8) is 0 Å². The lowest BCUT2D eigenvalue weighted by Crippen LogP contribution is -2.33. The first-order chi connectivity index (χ1) is 13.0. The van der Waals surface area contributed by atoms with Gasteiger partial charge in [-0.1, -0.05) is 28.1 Å². The molecule has 1 heterocycles. The molecule has 0 aromatic heterocycles. The lowest BCUT2D eigenvalue weighted by molar-refractivity contribution is -0.126. The molecule has 0 aliphatic carbocycles. The van der Waals surface area contributed by atoms with E-state index in [-0.39, 0.29) is 17.7 Å². The smallest absolute Gasteiger partial charge is 0.338 e. The van der Waals surface area contributed by atoms with Crippen molar-refractivity contribution in [2.45, 2.75) is 18.8 Å². The van der Waals surface area contributed by atoms with Crippen LogP contribution < -0.4 is 5.32 Å². The standard InChI is InChI=1S/C19H17BrN2O4S/c1-2-26-18(24)13-5-9-15(10-6-13)21-16-17(23)22(19(25)27-16)11-12-3-7-14(20)8-4-12/h3-10,16,21H,2,11H2,1H3. The Kier molecular flexibility index (Phi) is 6.18. The van der Waals surface area contributed by atoms with Crippen molar-refractivity contribution >= 4 is 50.5 Å². The molecule has 0 spiro atoms. The number of nitrogens with zero attached hydrogens (tertiary/aromatic N) is 1. The van der Waals surface area contributed by atoms with Gasteiger partial charge in [0.1, 0.15) is 0 Å². The Hall–Kier alpha value is -2.32. The van der Waals surface area contributed by atoms with Crippen molar-refractivity contribution in [1.82, 2.24) is 4.90 Å². The van der Waals surface area contributed by atoms with Crippen LogP contribution in [0.3, 0.4) is 0 Å². The Morgan fingerprint density at radius 2 is 1.81 bits per heavy atom. The maximum absolute atomic E-state index is 12.6. The topological polar surface area (TPSA) is 75.7 Å². The number of rotatable bonds is 6. The lowest BCUT2D eigenvalue weighted by atomic mass is 10.2. The molecule has 0 bridgehead atoms. The molecule has 6 nitrogen and oxygen atoms in total. The molecule has 1 saturated heterocycles. The molecule has 2 amide bonds. The fraction of sp³-hybridized carbons (Fsp3) is 0.211. The molecular formula is C19H17BrN2O4S. The highest BCUT2D eigenvalue weighted by Gasteiger charge is 2.39. The number of amides is 2. The third-order valence-electron chi connectivity index (χ3n) is 3.88. The number of thioether (sulfide) groups is 1. The quantitative estimate of drug-likeness (QED) is 0.665. The van der Waals surface area contributed by atoms with Gasteiger partial charge in [0, 0.05) is 10.2 Å². The van der Waals surface area contributed by atoms with Gasteiger partial charge in [-0.05, 0) is 60.6 Å². The lowest BCUT2D eigenvalue weighted by Gasteiger charge is -2.15. The molecule has 1 fully saturated rings. The van der Waals surface area contributed by atoms with Crippen LogP contribution in [0.15, 0.2) is 53.0 Å². The monoisotopic (exact) mass is 448 g/mol. The van der Waals surface area contributed by atoms with Crippen molar-refractivity contribution < 1.29 is 19.1 Å². The predicted octanol–water partition coefficient (Wildman–Crippen LogP) is 4.26. The summed E-state index contributed by atoms with van der Waals surface area (Å²) in [5.41, 5.74) is 1.95. The number of carbonyl (C=O) groups is 3. The largest absolute Gasteiger partial charge is 0.462 e. The van der Waals surface area contributed by atoms with E-state index in [0.717, 1.165) is 21.8 Å². The van der Waals surface area contributed by atoms with Crippen LogP contribution in [0, 0.1) is 0 Å². The van der Waals surface area contributed by atoms with Crippen molar-refractivity contribution in [2.24, 2.45) is 0 Å². The van der Waals surface area contributed by atoms with E-state index in [4.69, 9.17) is 4.74 Å². The fourth-order valence-electron chi connectivity index (χ4n) is 2.52. The zero-order valence-electron chi connectivity index (χ0n) is 14.5. The third-order valence-corrected chi connectivity index (χ3v) is 5.38. The summed E-state index contributed by atoms with van der Waals surface area (Å²) in [6.07, 6.45) is 0. The van der Waals surface area contributed by atoms with E-state index >= 15 is 0 Å². The molecule has 140 valence electrons. The van der Waals surface area contributed by atoms with Gasteiger partial charge >= 0.3 is 5.97 Å². The normalized spacial score (nSPS) is 16.5. The van der Waals surface area contributed by atoms with Gasteiger partial charge in [0.25, 0.3) is 11.1 Å². The number of hydrogen-bond acceptors (Lipinski definition) is 6. The molecule has 0 radical (unpaired) electrons. The number of imide groups is 1. The van der Waals surface area contributed by atoms with Gasteiger partial charge < -0.3 is 10.1 Å². The molecule has 1 aliphatic heterocycles. The minimum Gasteiger partial charge on any atom is -0.462 e. The Morgan fingerprint density at radius 3 is 2.44 bits per heavy atom. The number of carbonyl (C=O) groups excluding carboxylic acids is 3. The Morgan fingerprint density at radius 1 is 1.15 bits per heavy atom. The van der Waals surface area contributed by atoms with Crippen LogP contribution in [0.1, 0.15) is 22.8 Å². The second kappa shape index (κ2) is 8.58. The van der Waals surface area contributed by atoms with Crippen molar-refractivity contribution in [3.05, 3.63) is 64.1 Å². The van der Waals surface area contributed by atoms with Crippen LogP contribution >= 0.6 is 27.7 Å². The second-order valence-corrected chi connectivity index (χ2v) is 7.73. The molecular weight excluding hydrogens is 432 g/mol. The van der Waals surface area contributed by atoms with Gasteiger partial charge in [-0.3, -0.25) is 14.5 Å². The average Bonchev–Trinajstić information content (AvgIpc) is 2.91. The molecule has 2 aromatic rings. The second-order valence-electron chi connectivity index (χ2n) is 5.76. The first-order valence-electron chi connectivity index (χ1n) is 8.28. The molecule has 27 heavy (non-hydrogen) atoms. The Bertz CT molecular complexity index is 855. The van der Waals surface area contributed by atoms with E-state index in [1.54, 1.807) is 31.2 Å². The summed E-state index contributed by atoms with van der Waals surface area (Å²) in [6.45, 7) is 2.29. The zero-order chi connectivity index (χ0) is 19.4. The summed E-state index contributed by atoms with van der Waals surface area (Å²) in [6, 6.07) is 14.1. The molecule has 1 N–H and O–H groups in total. The number of nitrogens with one attached hydrogen (secondary N) is 1. The van der Waals surface area contributed by atoms with Crippen LogP contribution in [-0.2, 0) is 16.1 Å². The van der Waals surface area contributed by atoms with E-state index in [0.29, 0.717) is 17.9 Å². The molecule has 1 atom stereocenters. The summed E-state index contributed by atoms with van der Waals surface area (Å²) in [5.74, 6) is -0.686. The van der Waals surface area contributed by atoms with Gasteiger partial charge in [0.05, 0.1) is 18.7 Å². The highest BCUT2D eigenvalue weighted by atomic mass is 79.9. The van der Waals surface area contributed by atoms with Gasteiger partial charge in [-0.2, -0.15) is 0 Å². The number of anilines is 1.